The lowest BCUT2D eigenvalue weighted by atomic mass is 10.1. The van der Waals surface area contributed by atoms with Gasteiger partial charge in [-0.25, -0.2) is 15.0 Å². The molecule has 128 valence electrons. The predicted molar refractivity (Wildman–Crippen MR) is 106 cm³/mol. The lowest BCUT2D eigenvalue weighted by Crippen LogP contribution is -2.02. The molecule has 0 saturated carbocycles. The van der Waals surface area contributed by atoms with Gasteiger partial charge in [0.1, 0.15) is 15.9 Å². The molecule has 1 aliphatic carbocycles. The first-order valence-corrected chi connectivity index (χ1v) is 9.38. The fraction of sp³-hybridized carbons (Fsp3) is 0.150. The van der Waals surface area contributed by atoms with E-state index in [0.717, 1.165) is 45.7 Å². The highest BCUT2D eigenvalue weighted by atomic mass is 79.9. The molecule has 0 fully saturated rings. The molecule has 0 spiro atoms. The van der Waals surface area contributed by atoms with Crippen molar-refractivity contribution < 1.29 is 0 Å². The topological polar surface area (TPSA) is 69.6 Å². The molecule has 5 rings (SSSR count). The number of benzene rings is 1. The van der Waals surface area contributed by atoms with Crippen molar-refractivity contribution in [3.8, 4) is 17.1 Å². The number of hydrogen-bond acceptors (Lipinski definition) is 4. The maximum absolute atomic E-state index is 6.15. The molecule has 0 amide bonds. The lowest BCUT2D eigenvalue weighted by Gasteiger charge is -2.12. The molecule has 1 aromatic carbocycles. The predicted octanol–water partition coefficient (Wildman–Crippen LogP) is 4.32. The van der Waals surface area contributed by atoms with Crippen molar-refractivity contribution in [2.24, 2.45) is 0 Å². The molecular formula is C20H16BrN5. The van der Waals surface area contributed by atoms with Crippen molar-refractivity contribution in [3.63, 3.8) is 0 Å². The Kier molecular flexibility index (Phi) is 3.53. The van der Waals surface area contributed by atoms with Crippen molar-refractivity contribution in [1.29, 1.82) is 0 Å². The van der Waals surface area contributed by atoms with Crippen LogP contribution in [-0.4, -0.2) is 19.5 Å². The normalized spacial score (nSPS) is 13.3. The summed E-state index contributed by atoms with van der Waals surface area (Å²) >= 11 is 3.48. The number of fused-ring (bicyclic) bond motifs is 2. The third-order valence-corrected chi connectivity index (χ3v) is 5.33. The maximum atomic E-state index is 6.15. The smallest absolute Gasteiger partial charge is 0.166 e. The number of hydrogen-bond donors (Lipinski definition) is 1. The van der Waals surface area contributed by atoms with Crippen LogP contribution in [0.15, 0.2) is 53.3 Å². The van der Waals surface area contributed by atoms with Gasteiger partial charge in [0.05, 0.1) is 5.56 Å². The summed E-state index contributed by atoms with van der Waals surface area (Å²) in [5.74, 6) is 1.22. The number of nitrogens with two attached hydrogens (primary N) is 1. The van der Waals surface area contributed by atoms with Crippen molar-refractivity contribution >= 4 is 32.9 Å². The van der Waals surface area contributed by atoms with Crippen LogP contribution in [0.1, 0.15) is 17.5 Å². The molecule has 2 N–H and O–H groups in total. The number of halogens is 1. The molecule has 0 radical (unpaired) electrons. The lowest BCUT2D eigenvalue weighted by molar-refractivity contribution is 0.911. The Bertz CT molecular complexity index is 1150. The second kappa shape index (κ2) is 5.92. The highest BCUT2D eigenvalue weighted by Gasteiger charge is 2.19. The maximum Gasteiger partial charge on any atom is 0.166 e. The molecule has 0 unspecified atom stereocenters. The minimum atomic E-state index is 0.462. The van der Waals surface area contributed by atoms with Gasteiger partial charge in [0.25, 0.3) is 0 Å². The van der Waals surface area contributed by atoms with Gasteiger partial charge in [-0.15, -0.1) is 0 Å². The molecule has 6 heteroatoms. The van der Waals surface area contributed by atoms with Crippen LogP contribution >= 0.6 is 15.9 Å². The fourth-order valence-electron chi connectivity index (χ4n) is 3.66. The van der Waals surface area contributed by atoms with Gasteiger partial charge in [-0.1, -0.05) is 6.07 Å². The van der Waals surface area contributed by atoms with Crippen molar-refractivity contribution in [2.75, 3.05) is 5.73 Å². The Morgan fingerprint density at radius 3 is 2.77 bits per heavy atom. The van der Waals surface area contributed by atoms with Crippen LogP contribution in [0.5, 0.6) is 0 Å². The molecule has 26 heavy (non-hydrogen) atoms. The van der Waals surface area contributed by atoms with Crippen LogP contribution in [0.4, 0.5) is 5.82 Å². The van der Waals surface area contributed by atoms with Crippen LogP contribution in [-0.2, 0) is 12.8 Å². The summed E-state index contributed by atoms with van der Waals surface area (Å²) in [5.41, 5.74) is 12.5. The van der Waals surface area contributed by atoms with E-state index in [0.29, 0.717) is 5.82 Å². The molecule has 3 aromatic heterocycles. The summed E-state index contributed by atoms with van der Waals surface area (Å²) < 4.78 is 2.85. The number of nitrogens with zero attached hydrogens (tertiary/aromatic N) is 4. The molecule has 3 heterocycles. The Balaban J connectivity index is 1.83. The minimum Gasteiger partial charge on any atom is -0.383 e. The van der Waals surface area contributed by atoms with Gasteiger partial charge in [-0.3, -0.25) is 4.57 Å². The van der Waals surface area contributed by atoms with Gasteiger partial charge in [-0.05, 0) is 82.7 Å². The molecule has 4 aromatic rings. The second-order valence-electron chi connectivity index (χ2n) is 6.49. The number of rotatable bonds is 2. The third kappa shape index (κ3) is 2.41. The summed E-state index contributed by atoms with van der Waals surface area (Å²) in [6.07, 6.45) is 5.19. The Morgan fingerprint density at radius 1 is 1.00 bits per heavy atom. The Labute approximate surface area is 159 Å². The van der Waals surface area contributed by atoms with Crippen molar-refractivity contribution in [1.82, 2.24) is 19.5 Å². The summed E-state index contributed by atoms with van der Waals surface area (Å²) in [6.45, 7) is 0. The molecule has 0 aliphatic heterocycles. The van der Waals surface area contributed by atoms with Crippen LogP contribution in [0.25, 0.3) is 28.2 Å². The molecule has 0 bridgehead atoms. The van der Waals surface area contributed by atoms with E-state index in [1.54, 1.807) is 6.20 Å². The fourth-order valence-corrected chi connectivity index (χ4v) is 3.96. The van der Waals surface area contributed by atoms with Crippen LogP contribution in [0, 0.1) is 0 Å². The van der Waals surface area contributed by atoms with Gasteiger partial charge in [0.2, 0.25) is 0 Å². The van der Waals surface area contributed by atoms with Gasteiger partial charge in [-0.2, -0.15) is 0 Å². The average molecular weight is 406 g/mol. The van der Waals surface area contributed by atoms with E-state index >= 15 is 0 Å². The Morgan fingerprint density at radius 2 is 1.88 bits per heavy atom. The summed E-state index contributed by atoms with van der Waals surface area (Å²) in [5, 5.41) is 0. The molecule has 5 nitrogen and oxygen atoms in total. The first kappa shape index (κ1) is 15.5. The number of anilines is 1. The first-order valence-electron chi connectivity index (χ1n) is 8.59. The molecule has 0 atom stereocenters. The first-order chi connectivity index (χ1) is 12.7. The van der Waals surface area contributed by atoms with E-state index in [-0.39, 0.29) is 0 Å². The van der Waals surface area contributed by atoms with E-state index in [4.69, 9.17) is 10.7 Å². The number of imidazole rings is 1. The van der Waals surface area contributed by atoms with Gasteiger partial charge < -0.3 is 5.73 Å². The minimum absolute atomic E-state index is 0.462. The summed E-state index contributed by atoms with van der Waals surface area (Å²) in [4.78, 5) is 13.7. The van der Waals surface area contributed by atoms with E-state index in [2.05, 4.69) is 48.7 Å². The zero-order valence-electron chi connectivity index (χ0n) is 14.0. The van der Waals surface area contributed by atoms with Crippen molar-refractivity contribution in [2.45, 2.75) is 19.3 Å². The van der Waals surface area contributed by atoms with E-state index < -0.39 is 0 Å². The monoisotopic (exact) mass is 405 g/mol. The third-order valence-electron chi connectivity index (χ3n) is 4.89. The standard InChI is InChI=1S/C20H16BrN5/c21-17-9-8-16-20(25-17)26(14-7-6-12-3-1-4-13(12)11-14)19(24-16)15-5-2-10-23-18(15)22/h2,5-11H,1,3-4H2,(H2,22,23). The summed E-state index contributed by atoms with van der Waals surface area (Å²) in [6, 6.07) is 14.3. The number of aryl methyl sites for hydroxylation is 2. The van der Waals surface area contributed by atoms with Crippen LogP contribution in [0.2, 0.25) is 0 Å². The SMILES string of the molecule is Nc1ncccc1-c1nc2ccc(Br)nc2n1-c1ccc2c(c1)CCC2. The molecular weight excluding hydrogens is 390 g/mol. The zero-order chi connectivity index (χ0) is 17.7. The van der Waals surface area contributed by atoms with E-state index in [1.165, 1.54) is 17.5 Å². The molecule has 0 saturated heterocycles. The van der Waals surface area contributed by atoms with Gasteiger partial charge in [0, 0.05) is 11.9 Å². The van der Waals surface area contributed by atoms with E-state index in [9.17, 15) is 0 Å². The number of nitrogen functional groups attached to an aromatic ring is 1. The Hall–Kier alpha value is -2.73. The van der Waals surface area contributed by atoms with Gasteiger partial charge in [0.15, 0.2) is 11.5 Å². The van der Waals surface area contributed by atoms with Gasteiger partial charge >= 0.3 is 0 Å². The van der Waals surface area contributed by atoms with Crippen LogP contribution in [0.3, 0.4) is 0 Å². The zero-order valence-corrected chi connectivity index (χ0v) is 15.6. The second-order valence-corrected chi connectivity index (χ2v) is 7.30. The highest BCUT2D eigenvalue weighted by molar-refractivity contribution is 9.10. The average Bonchev–Trinajstić information content (AvgIpc) is 3.25. The quantitative estimate of drug-likeness (QED) is 0.504. The van der Waals surface area contributed by atoms with E-state index in [1.807, 2.05) is 24.3 Å². The number of pyridine rings is 2. The van der Waals surface area contributed by atoms with Crippen LogP contribution < -0.4 is 5.73 Å². The summed E-state index contributed by atoms with van der Waals surface area (Å²) in [7, 11) is 0. The van der Waals surface area contributed by atoms with Crippen molar-refractivity contribution in [3.05, 3.63) is 64.4 Å². The molecule has 1 aliphatic rings. The largest absolute Gasteiger partial charge is 0.383 e. The highest BCUT2D eigenvalue weighted by Crippen LogP contribution is 2.32. The number of aromatic nitrogens is 4.